The van der Waals surface area contributed by atoms with E-state index in [0.29, 0.717) is 4.90 Å². The molecule has 0 radical (unpaired) electrons. The van der Waals surface area contributed by atoms with Gasteiger partial charge in [0.2, 0.25) is 29.0 Å². The Morgan fingerprint density at radius 2 is 1.41 bits per heavy atom. The van der Waals surface area contributed by atoms with Gasteiger partial charge in [0.25, 0.3) is 0 Å². The Bertz CT molecular complexity index is 1500. The van der Waals surface area contributed by atoms with Crippen LogP contribution in [0, 0.1) is 17.7 Å². The van der Waals surface area contributed by atoms with Crippen molar-refractivity contribution in [2.45, 2.75) is 17.9 Å². The molecule has 0 unspecified atom stereocenters. The summed E-state index contributed by atoms with van der Waals surface area (Å²) in [5.41, 5.74) is -4.42. The third kappa shape index (κ3) is 3.02. The molecule has 1 aliphatic carbocycles. The van der Waals surface area contributed by atoms with Crippen molar-refractivity contribution < 1.29 is 41.5 Å². The van der Waals surface area contributed by atoms with Gasteiger partial charge in [0, 0.05) is 11.1 Å². The van der Waals surface area contributed by atoms with Gasteiger partial charge in [0.05, 0.1) is 29.2 Å². The van der Waals surface area contributed by atoms with Crippen LogP contribution < -0.4 is 4.90 Å². The highest BCUT2D eigenvalue weighted by Gasteiger charge is 2.75. The van der Waals surface area contributed by atoms with Gasteiger partial charge in [-0.3, -0.25) is 19.2 Å². The fourth-order valence-corrected chi connectivity index (χ4v) is 5.65. The van der Waals surface area contributed by atoms with Crippen LogP contribution >= 0.6 is 0 Å². The second-order valence-corrected chi connectivity index (χ2v) is 9.06. The number of hydrogen-bond donors (Lipinski definition) is 0. The average Bonchev–Trinajstić information content (AvgIpc) is 3.43. The monoisotopic (exact) mass is 509 g/mol. The smallest absolute Gasteiger partial charge is 0.349 e. The maximum Gasteiger partial charge on any atom is 0.418 e. The largest absolute Gasteiger partial charge is 0.418 e. The summed E-state index contributed by atoms with van der Waals surface area (Å²) >= 11 is 0. The Labute approximate surface area is 206 Å². The molecule has 0 saturated carbocycles. The first kappa shape index (κ1) is 23.2. The lowest BCUT2D eigenvalue weighted by Gasteiger charge is -2.28. The molecule has 3 aromatic rings. The third-order valence-electron chi connectivity index (χ3n) is 7.15. The summed E-state index contributed by atoms with van der Waals surface area (Å²) in [4.78, 5) is 55.2. The minimum absolute atomic E-state index is 0.0273. The van der Waals surface area contributed by atoms with Crippen molar-refractivity contribution in [3.05, 3.63) is 101 Å². The van der Waals surface area contributed by atoms with Crippen LogP contribution in [0.25, 0.3) is 0 Å². The molecule has 37 heavy (non-hydrogen) atoms. The van der Waals surface area contributed by atoms with Crippen LogP contribution in [-0.2, 0) is 20.5 Å². The fourth-order valence-electron chi connectivity index (χ4n) is 5.65. The maximum absolute atomic E-state index is 14.1. The lowest BCUT2D eigenvalue weighted by Crippen LogP contribution is -2.51. The van der Waals surface area contributed by atoms with E-state index in [-0.39, 0.29) is 16.7 Å². The summed E-state index contributed by atoms with van der Waals surface area (Å²) in [7, 11) is 0. The second kappa shape index (κ2) is 7.66. The van der Waals surface area contributed by atoms with E-state index in [1.54, 1.807) is 0 Å². The molecule has 10 heteroatoms. The molecule has 2 heterocycles. The van der Waals surface area contributed by atoms with Gasteiger partial charge >= 0.3 is 6.18 Å². The fraction of sp³-hybridized carbons (Fsp3) is 0.185. The van der Waals surface area contributed by atoms with E-state index < -0.39 is 70.2 Å². The number of hydrogen-bond acceptors (Lipinski definition) is 5. The third-order valence-corrected chi connectivity index (χ3v) is 7.15. The number of Topliss-reactive ketones (excluding diaryl/α,β-unsaturated/α-hetero) is 2. The molecular formula is C27H15F4NO5. The summed E-state index contributed by atoms with van der Waals surface area (Å²) in [5.74, 6) is -7.97. The van der Waals surface area contributed by atoms with Gasteiger partial charge in [-0.25, -0.2) is 9.29 Å². The summed E-state index contributed by atoms with van der Waals surface area (Å²) < 4.78 is 61.5. The molecule has 0 N–H and O–H groups in total. The lowest BCUT2D eigenvalue weighted by atomic mass is 9.77. The molecule has 2 amide bonds. The minimum atomic E-state index is -4.90. The van der Waals surface area contributed by atoms with Crippen molar-refractivity contribution in [2.75, 3.05) is 4.90 Å². The van der Waals surface area contributed by atoms with E-state index in [9.17, 15) is 36.7 Å². The minimum Gasteiger partial charge on any atom is -0.349 e. The number of rotatable bonds is 2. The van der Waals surface area contributed by atoms with Crippen molar-refractivity contribution in [3.8, 4) is 0 Å². The first-order chi connectivity index (χ1) is 17.6. The summed E-state index contributed by atoms with van der Waals surface area (Å²) in [5, 5.41) is 0. The number of benzene rings is 3. The first-order valence-corrected chi connectivity index (χ1v) is 11.2. The molecule has 2 aliphatic heterocycles. The molecule has 3 atom stereocenters. The Morgan fingerprint density at radius 3 is 2.03 bits per heavy atom. The number of anilines is 1. The zero-order chi connectivity index (χ0) is 26.3. The standard InChI is InChI=1S/C27H15F4NO5/c28-14-7-5-6-13(12-14)21-19-20(26(37-21)22(33)15-8-1-2-9-16(15)23(26)34)25(36)32(24(19)35)18-11-4-3-10-17(18)27(29,30)31/h1-12,19-21H/t19-,20+,21-/m0/s1. The predicted octanol–water partition coefficient (Wildman–Crippen LogP) is 4.54. The highest BCUT2D eigenvalue weighted by atomic mass is 19.4. The Balaban J connectivity index is 1.57. The summed E-state index contributed by atoms with van der Waals surface area (Å²) in [6, 6.07) is 14.7. The molecule has 186 valence electrons. The average molecular weight is 509 g/mol. The number of para-hydroxylation sites is 1. The molecule has 0 aromatic heterocycles. The summed E-state index contributed by atoms with van der Waals surface area (Å²) in [6.45, 7) is 0. The molecule has 6 rings (SSSR count). The Kier molecular flexibility index (Phi) is 4.81. The molecular weight excluding hydrogens is 494 g/mol. The number of halogens is 4. The van der Waals surface area contributed by atoms with Gasteiger partial charge in [-0.05, 0) is 29.8 Å². The van der Waals surface area contributed by atoms with Gasteiger partial charge in [-0.2, -0.15) is 13.2 Å². The number of ether oxygens (including phenoxy) is 1. The van der Waals surface area contributed by atoms with Gasteiger partial charge in [0.15, 0.2) is 0 Å². The van der Waals surface area contributed by atoms with Crippen LogP contribution in [0.2, 0.25) is 0 Å². The number of ketones is 2. The van der Waals surface area contributed by atoms with Crippen molar-refractivity contribution in [1.82, 2.24) is 0 Å². The number of fused-ring (bicyclic) bond motifs is 3. The van der Waals surface area contributed by atoms with E-state index in [1.807, 2.05) is 0 Å². The van der Waals surface area contributed by atoms with Crippen LogP contribution in [0.15, 0.2) is 72.8 Å². The molecule has 0 bridgehead atoms. The topological polar surface area (TPSA) is 80.8 Å². The zero-order valence-electron chi connectivity index (χ0n) is 18.7. The highest BCUT2D eigenvalue weighted by molar-refractivity contribution is 6.37. The Hall–Kier alpha value is -4.18. The van der Waals surface area contributed by atoms with Crippen LogP contribution in [0.1, 0.15) is 37.9 Å². The molecule has 2 fully saturated rings. The highest BCUT2D eigenvalue weighted by Crippen LogP contribution is 2.58. The number of imide groups is 1. The van der Waals surface area contributed by atoms with E-state index in [4.69, 9.17) is 4.74 Å². The van der Waals surface area contributed by atoms with E-state index >= 15 is 0 Å². The number of nitrogens with zero attached hydrogens (tertiary/aromatic N) is 1. The maximum atomic E-state index is 14.1. The van der Waals surface area contributed by atoms with Crippen molar-refractivity contribution >= 4 is 29.1 Å². The first-order valence-electron chi connectivity index (χ1n) is 11.2. The molecule has 6 nitrogen and oxygen atoms in total. The van der Waals surface area contributed by atoms with E-state index in [2.05, 4.69) is 0 Å². The lowest BCUT2D eigenvalue weighted by molar-refractivity contribution is -0.137. The molecule has 3 aliphatic rings. The predicted molar refractivity (Wildman–Crippen MR) is 119 cm³/mol. The van der Waals surface area contributed by atoms with Gasteiger partial charge < -0.3 is 4.74 Å². The van der Waals surface area contributed by atoms with Crippen LogP contribution in [0.5, 0.6) is 0 Å². The van der Waals surface area contributed by atoms with Crippen LogP contribution in [0.3, 0.4) is 0 Å². The quantitative estimate of drug-likeness (QED) is 0.288. The van der Waals surface area contributed by atoms with E-state index in [1.165, 1.54) is 42.5 Å². The number of carbonyl (C=O) groups is 4. The molecule has 3 aromatic carbocycles. The van der Waals surface area contributed by atoms with Crippen LogP contribution in [-0.4, -0.2) is 29.0 Å². The Morgan fingerprint density at radius 1 is 0.784 bits per heavy atom. The van der Waals surface area contributed by atoms with Gasteiger partial charge in [0.1, 0.15) is 5.82 Å². The number of amides is 2. The zero-order valence-corrected chi connectivity index (χ0v) is 18.7. The van der Waals surface area contributed by atoms with E-state index in [0.717, 1.165) is 30.3 Å². The van der Waals surface area contributed by atoms with Gasteiger partial charge in [-0.15, -0.1) is 0 Å². The van der Waals surface area contributed by atoms with Crippen molar-refractivity contribution in [2.24, 2.45) is 11.8 Å². The molecule has 2 saturated heterocycles. The SMILES string of the molecule is O=C1[C@@H]2[C@H](c3cccc(F)c3)OC3(C(=O)c4ccccc4C3=O)[C@H]2C(=O)N1c1ccccc1C(F)(F)F. The molecule has 1 spiro atoms. The normalized spacial score (nSPS) is 24.2. The number of carbonyl (C=O) groups excluding carboxylic acids is 4. The summed E-state index contributed by atoms with van der Waals surface area (Å²) in [6.07, 6.45) is -6.34. The van der Waals surface area contributed by atoms with Crippen molar-refractivity contribution in [3.63, 3.8) is 0 Å². The van der Waals surface area contributed by atoms with Gasteiger partial charge in [-0.1, -0.05) is 48.5 Å². The second-order valence-electron chi connectivity index (χ2n) is 9.06. The van der Waals surface area contributed by atoms with Crippen LogP contribution in [0.4, 0.5) is 23.2 Å². The van der Waals surface area contributed by atoms with Crippen molar-refractivity contribution in [1.29, 1.82) is 0 Å². The number of alkyl halides is 3.